The summed E-state index contributed by atoms with van der Waals surface area (Å²) in [6, 6.07) is 2.91. The number of nitrogens with one attached hydrogen (secondary N) is 3. The number of ketones is 1. The number of hydrogen-bond acceptors (Lipinski definition) is 12. The first-order valence-corrected chi connectivity index (χ1v) is 21.1. The van der Waals surface area contributed by atoms with Gasteiger partial charge in [-0.15, -0.1) is 0 Å². The molecule has 0 aromatic heterocycles. The zero-order valence-corrected chi connectivity index (χ0v) is 35.8. The number of Topliss-reactive ketones (excluding diaryl/α,β-unsaturated/α-hetero) is 1. The number of esters is 1. The number of hydrogen-bond donors (Lipinski definition) is 6. The molecule has 61 heavy (non-hydrogen) atoms. The van der Waals surface area contributed by atoms with Crippen LogP contribution in [0.1, 0.15) is 78.7 Å². The SMILES string of the molecule is CC(=O)CC[C@H]1C(=O)N[C@@H](C(C)C)C(=O)N[C@@H](Cc2cccc(O)c2)C(=O)N2CCCC(N2)C(=O)O[C@H](/C(C)=C/C=C/C(=O)N2CCCOC2)C/C=C/C=C/[C@H](O)[C@H](C)[C@H]1O. The molecular formula is C45H63N5O11. The topological polar surface area (TPSA) is 224 Å². The number of benzene rings is 1. The molecule has 4 rings (SSSR count). The summed E-state index contributed by atoms with van der Waals surface area (Å²) in [6.45, 7) is 9.72. The lowest BCUT2D eigenvalue weighted by atomic mass is 9.84. The quantitative estimate of drug-likeness (QED) is 0.120. The molecule has 1 unspecified atom stereocenters. The Bertz CT molecular complexity index is 1820. The predicted octanol–water partition coefficient (Wildman–Crippen LogP) is 2.54. The fraction of sp³-hybridized carbons (Fsp3) is 0.556. The average Bonchev–Trinajstić information content (AvgIpc) is 3.23. The van der Waals surface area contributed by atoms with Crippen LogP contribution < -0.4 is 16.1 Å². The first-order chi connectivity index (χ1) is 29.0. The molecule has 0 aliphatic carbocycles. The molecule has 0 saturated carbocycles. The van der Waals surface area contributed by atoms with Gasteiger partial charge in [0.2, 0.25) is 17.7 Å². The van der Waals surface area contributed by atoms with Crippen LogP contribution in [0.15, 0.2) is 72.4 Å². The van der Waals surface area contributed by atoms with Crippen molar-refractivity contribution in [2.75, 3.05) is 26.4 Å². The molecule has 0 radical (unpaired) electrons. The number of nitrogens with zero attached hydrogens (tertiary/aromatic N) is 2. The molecule has 2 saturated heterocycles. The number of allylic oxidation sites excluding steroid dienone is 4. The number of fused-ring (bicyclic) bond motifs is 2. The number of rotatable bonds is 9. The molecule has 8 atom stereocenters. The van der Waals surface area contributed by atoms with E-state index in [1.807, 2.05) is 0 Å². The highest BCUT2D eigenvalue weighted by Gasteiger charge is 2.38. The van der Waals surface area contributed by atoms with Crippen LogP contribution in [0.25, 0.3) is 0 Å². The van der Waals surface area contributed by atoms with E-state index >= 15 is 0 Å². The highest BCUT2D eigenvalue weighted by Crippen LogP contribution is 2.24. The minimum atomic E-state index is -1.42. The third-order valence-corrected chi connectivity index (χ3v) is 11.1. The summed E-state index contributed by atoms with van der Waals surface area (Å²) in [5, 5.41) is 39.6. The maximum atomic E-state index is 14.3. The Morgan fingerprint density at radius 3 is 2.48 bits per heavy atom. The van der Waals surface area contributed by atoms with Crippen molar-refractivity contribution in [2.45, 2.75) is 116 Å². The van der Waals surface area contributed by atoms with Crippen molar-refractivity contribution in [3.8, 4) is 5.75 Å². The molecule has 334 valence electrons. The summed E-state index contributed by atoms with van der Waals surface area (Å²) in [5.41, 5.74) is 4.16. The van der Waals surface area contributed by atoms with Crippen molar-refractivity contribution in [3.63, 3.8) is 0 Å². The number of hydrazine groups is 1. The third kappa shape index (κ3) is 14.8. The molecule has 1 aromatic rings. The fourth-order valence-corrected chi connectivity index (χ4v) is 7.31. The lowest BCUT2D eigenvalue weighted by Crippen LogP contribution is -2.62. The van der Waals surface area contributed by atoms with Gasteiger partial charge in [-0.25, -0.2) is 5.43 Å². The lowest BCUT2D eigenvalue weighted by Gasteiger charge is -2.36. The van der Waals surface area contributed by atoms with E-state index in [1.165, 1.54) is 36.2 Å². The van der Waals surface area contributed by atoms with Crippen LogP contribution in [0.5, 0.6) is 5.75 Å². The van der Waals surface area contributed by atoms with Crippen LogP contribution in [-0.4, -0.2) is 123 Å². The van der Waals surface area contributed by atoms with E-state index in [-0.39, 0.29) is 56.4 Å². The highest BCUT2D eigenvalue weighted by molar-refractivity contribution is 5.93. The van der Waals surface area contributed by atoms with Crippen molar-refractivity contribution in [1.29, 1.82) is 0 Å². The van der Waals surface area contributed by atoms with Gasteiger partial charge in [-0.3, -0.25) is 29.0 Å². The van der Waals surface area contributed by atoms with Crippen molar-refractivity contribution >= 4 is 35.4 Å². The third-order valence-electron chi connectivity index (χ3n) is 11.1. The molecule has 4 amide bonds. The Kier molecular flexibility index (Phi) is 18.9. The van der Waals surface area contributed by atoms with Crippen molar-refractivity contribution in [2.24, 2.45) is 17.8 Å². The molecule has 3 aliphatic rings. The van der Waals surface area contributed by atoms with E-state index in [2.05, 4.69) is 16.1 Å². The maximum Gasteiger partial charge on any atom is 0.325 e. The maximum absolute atomic E-state index is 14.3. The van der Waals surface area contributed by atoms with E-state index in [0.717, 1.165) is 6.42 Å². The summed E-state index contributed by atoms with van der Waals surface area (Å²) >= 11 is 0. The summed E-state index contributed by atoms with van der Waals surface area (Å²) in [4.78, 5) is 82.5. The average molecular weight is 850 g/mol. The molecular weight excluding hydrogens is 787 g/mol. The number of carbonyl (C=O) groups is 6. The van der Waals surface area contributed by atoms with Gasteiger partial charge in [0, 0.05) is 44.3 Å². The number of cyclic esters (lactones) is 1. The molecule has 16 heteroatoms. The van der Waals surface area contributed by atoms with E-state index < -0.39 is 77.9 Å². The zero-order chi connectivity index (χ0) is 44.6. The molecule has 6 N–H and O–H groups in total. The first-order valence-electron chi connectivity index (χ1n) is 21.1. The summed E-state index contributed by atoms with van der Waals surface area (Å²) in [6.07, 6.45) is 9.25. The molecule has 2 bridgehead atoms. The number of aromatic hydroxyl groups is 1. The molecule has 2 fully saturated rings. The number of phenols is 1. The first kappa shape index (κ1) is 48.5. The Hall–Kier alpha value is -5.16. The number of ether oxygens (including phenoxy) is 2. The van der Waals surface area contributed by atoms with E-state index in [9.17, 15) is 44.1 Å². The molecule has 16 nitrogen and oxygen atoms in total. The predicted molar refractivity (Wildman–Crippen MR) is 226 cm³/mol. The second-order valence-corrected chi connectivity index (χ2v) is 16.4. The fourth-order valence-electron chi connectivity index (χ4n) is 7.31. The van der Waals surface area contributed by atoms with Gasteiger partial charge in [-0.2, -0.15) is 0 Å². The molecule has 0 spiro atoms. The van der Waals surface area contributed by atoms with Gasteiger partial charge in [-0.1, -0.05) is 69.4 Å². The summed E-state index contributed by atoms with van der Waals surface area (Å²) in [5.74, 6) is -5.60. The number of aliphatic hydroxyl groups is 2. The lowest BCUT2D eigenvalue weighted by molar-refractivity contribution is -0.156. The van der Waals surface area contributed by atoms with Gasteiger partial charge < -0.3 is 45.1 Å². The van der Waals surface area contributed by atoms with Crippen LogP contribution in [0, 0.1) is 17.8 Å². The highest BCUT2D eigenvalue weighted by atomic mass is 16.5. The minimum Gasteiger partial charge on any atom is -0.508 e. The summed E-state index contributed by atoms with van der Waals surface area (Å²) in [7, 11) is 0. The number of aliphatic hydroxyl groups excluding tert-OH is 2. The van der Waals surface area contributed by atoms with Gasteiger partial charge >= 0.3 is 5.97 Å². The second kappa shape index (κ2) is 23.7. The normalized spacial score (nSPS) is 29.2. The Morgan fingerprint density at radius 1 is 1.02 bits per heavy atom. The number of phenolic OH excluding ortho intramolecular Hbond substituents is 1. The molecule has 3 heterocycles. The van der Waals surface area contributed by atoms with Crippen LogP contribution >= 0.6 is 0 Å². The van der Waals surface area contributed by atoms with Crippen LogP contribution in [0.2, 0.25) is 0 Å². The van der Waals surface area contributed by atoms with Crippen molar-refractivity contribution < 1.29 is 53.6 Å². The number of amides is 4. The van der Waals surface area contributed by atoms with E-state index in [1.54, 1.807) is 75.1 Å². The Balaban J connectivity index is 1.70. The standard InChI is InChI=1S/C45H63N5O11/c1-28(2)40-43(57)46-36(26-32-14-10-15-33(52)25-32)44(58)50-23-11-16-35(48-50)45(59)61-38(29(3)13-9-19-39(54)49-22-12-24-60-27-49)18-8-6-7-17-37(53)31(5)41(55)34(42(56)47-40)21-20-30(4)51/h6-10,13-15,17,19,25,28,31,34-38,40-41,48,52-53,55H,11-12,16,18,20-24,26-27H2,1-5H3,(H,46,57)(H,47,56)/b8-6+,17-7+,19-9+,29-13+/t31-,34+,35?,36-,37-,38-,40-,41+/m0/s1. The van der Waals surface area contributed by atoms with Gasteiger partial charge in [0.05, 0.1) is 24.7 Å². The monoisotopic (exact) mass is 849 g/mol. The summed E-state index contributed by atoms with van der Waals surface area (Å²) < 4.78 is 11.4. The van der Waals surface area contributed by atoms with Crippen LogP contribution in [0.4, 0.5) is 0 Å². The van der Waals surface area contributed by atoms with E-state index in [4.69, 9.17) is 9.47 Å². The Morgan fingerprint density at radius 2 is 1.79 bits per heavy atom. The van der Waals surface area contributed by atoms with Gasteiger partial charge in [0.25, 0.3) is 5.91 Å². The smallest absolute Gasteiger partial charge is 0.325 e. The van der Waals surface area contributed by atoms with E-state index in [0.29, 0.717) is 37.1 Å². The van der Waals surface area contributed by atoms with Crippen LogP contribution in [0.3, 0.4) is 0 Å². The van der Waals surface area contributed by atoms with Gasteiger partial charge in [0.15, 0.2) is 0 Å². The molecule has 1 aromatic carbocycles. The zero-order valence-electron chi connectivity index (χ0n) is 35.8. The van der Waals surface area contributed by atoms with Gasteiger partial charge in [-0.05, 0) is 68.7 Å². The Labute approximate surface area is 358 Å². The molecule has 3 aliphatic heterocycles. The van der Waals surface area contributed by atoms with Crippen molar-refractivity contribution in [1.82, 2.24) is 26.0 Å². The van der Waals surface area contributed by atoms with Crippen molar-refractivity contribution in [3.05, 3.63) is 77.9 Å². The second-order valence-electron chi connectivity index (χ2n) is 16.4. The number of carbonyl (C=O) groups excluding carboxylic acids is 6. The minimum absolute atomic E-state index is 0.0293. The van der Waals surface area contributed by atoms with Gasteiger partial charge in [0.1, 0.15) is 42.5 Å². The largest absolute Gasteiger partial charge is 0.508 e. The van der Waals surface area contributed by atoms with Crippen LogP contribution in [-0.2, 0) is 44.7 Å².